The van der Waals surface area contributed by atoms with Gasteiger partial charge in [0.15, 0.2) is 11.6 Å². The van der Waals surface area contributed by atoms with E-state index in [4.69, 9.17) is 19.1 Å². The second-order valence-corrected chi connectivity index (χ2v) is 12.1. The Kier molecular flexibility index (Phi) is 5.46. The highest BCUT2D eigenvalue weighted by molar-refractivity contribution is 5.96. The molecular formula is C43H26N2O2. The maximum Gasteiger partial charge on any atom is 0.160 e. The molecule has 4 heteroatoms. The van der Waals surface area contributed by atoms with E-state index in [9.17, 15) is 0 Å². The fraction of sp³-hybridized carbons (Fsp3) is 0.0233. The van der Waals surface area contributed by atoms with Crippen LogP contribution >= 0.6 is 0 Å². The number of rotatable bonds is 3. The summed E-state index contributed by atoms with van der Waals surface area (Å²) in [5, 5.41) is 1.02. The number of aromatic nitrogens is 2. The molecule has 2 aromatic heterocycles. The predicted molar refractivity (Wildman–Crippen MR) is 185 cm³/mol. The molecule has 2 aliphatic rings. The molecule has 1 aliphatic carbocycles. The summed E-state index contributed by atoms with van der Waals surface area (Å²) in [5.41, 5.74) is 11.0. The monoisotopic (exact) mass is 602 g/mol. The Morgan fingerprint density at radius 2 is 1.04 bits per heavy atom. The quantitative estimate of drug-likeness (QED) is 0.202. The van der Waals surface area contributed by atoms with Crippen LogP contribution in [0.1, 0.15) is 22.3 Å². The summed E-state index contributed by atoms with van der Waals surface area (Å²) >= 11 is 0. The number of nitrogens with zero attached hydrogens (tertiary/aromatic N) is 2. The second kappa shape index (κ2) is 9.87. The van der Waals surface area contributed by atoms with Crippen LogP contribution in [0.25, 0.3) is 56.2 Å². The third kappa shape index (κ3) is 3.76. The van der Waals surface area contributed by atoms with Crippen molar-refractivity contribution in [2.24, 2.45) is 0 Å². The summed E-state index contributed by atoms with van der Waals surface area (Å²) in [5.74, 6) is 3.12. The van der Waals surface area contributed by atoms with Gasteiger partial charge in [0, 0.05) is 27.6 Å². The number of hydrogen-bond acceptors (Lipinski definition) is 4. The van der Waals surface area contributed by atoms with Crippen molar-refractivity contribution in [1.82, 2.24) is 9.97 Å². The van der Waals surface area contributed by atoms with Crippen molar-refractivity contribution in [3.8, 4) is 56.7 Å². The van der Waals surface area contributed by atoms with E-state index in [0.717, 1.165) is 61.7 Å². The Hall–Kier alpha value is -6.26. The topological polar surface area (TPSA) is 48.2 Å². The lowest BCUT2D eigenvalue weighted by Gasteiger charge is -2.39. The van der Waals surface area contributed by atoms with Crippen LogP contribution in [0, 0.1) is 0 Å². The lowest BCUT2D eigenvalue weighted by molar-refractivity contribution is 0.436. The van der Waals surface area contributed by atoms with Crippen molar-refractivity contribution in [3.63, 3.8) is 0 Å². The molecule has 3 heterocycles. The molecule has 10 rings (SSSR count). The van der Waals surface area contributed by atoms with Gasteiger partial charge in [-0.25, -0.2) is 9.97 Å². The van der Waals surface area contributed by atoms with E-state index in [2.05, 4.69) is 91.0 Å². The van der Waals surface area contributed by atoms with Crippen LogP contribution in [0.4, 0.5) is 0 Å². The van der Waals surface area contributed by atoms with E-state index in [-0.39, 0.29) is 0 Å². The zero-order valence-electron chi connectivity index (χ0n) is 25.2. The first kappa shape index (κ1) is 26.0. The minimum atomic E-state index is -0.529. The highest BCUT2D eigenvalue weighted by Crippen LogP contribution is 2.62. The zero-order valence-corrected chi connectivity index (χ0v) is 25.2. The van der Waals surface area contributed by atoms with Crippen LogP contribution < -0.4 is 4.74 Å². The number of benzene rings is 6. The Morgan fingerprint density at radius 1 is 0.447 bits per heavy atom. The summed E-state index contributed by atoms with van der Waals surface area (Å²) in [4.78, 5) is 10.00. The smallest absolute Gasteiger partial charge is 0.160 e. The predicted octanol–water partition coefficient (Wildman–Crippen LogP) is 10.7. The third-order valence-electron chi connectivity index (χ3n) is 9.56. The highest BCUT2D eigenvalue weighted by atomic mass is 16.5. The molecule has 0 amide bonds. The molecule has 0 fully saturated rings. The minimum Gasteiger partial charge on any atom is -0.457 e. The van der Waals surface area contributed by atoms with E-state index < -0.39 is 5.41 Å². The van der Waals surface area contributed by atoms with Gasteiger partial charge in [-0.2, -0.15) is 0 Å². The molecule has 0 saturated heterocycles. The van der Waals surface area contributed by atoms with Crippen LogP contribution in [0.3, 0.4) is 0 Å². The number of hydrogen-bond donors (Lipinski definition) is 0. The SMILES string of the molecule is c1ccc(-c2cc(-c3cc4cc5c(cc4o3)-c3ccccc3C53c4ccccc4Oc4ccccc43)nc(-c3ccccc3)n2)cc1. The molecule has 4 nitrogen and oxygen atoms in total. The Morgan fingerprint density at radius 3 is 1.77 bits per heavy atom. The minimum absolute atomic E-state index is 0.529. The molecule has 0 radical (unpaired) electrons. The number of ether oxygens (including phenoxy) is 1. The molecule has 0 bridgehead atoms. The molecule has 8 aromatic rings. The third-order valence-corrected chi connectivity index (χ3v) is 9.56. The average Bonchev–Trinajstić information content (AvgIpc) is 3.69. The Balaban J connectivity index is 1.22. The largest absolute Gasteiger partial charge is 0.457 e. The van der Waals surface area contributed by atoms with E-state index in [1.165, 1.54) is 16.7 Å². The first-order chi connectivity index (χ1) is 23.3. The van der Waals surface area contributed by atoms with Crippen molar-refractivity contribution in [1.29, 1.82) is 0 Å². The standard InChI is InChI=1S/C43H26N2O2/c1-3-13-27(14-4-1)36-26-37(45-42(44-36)28-15-5-2-6-16-28)41-24-29-23-35-31(25-40(29)47-41)30-17-7-8-18-32(30)43(35)33-19-9-11-21-38(33)46-39-22-12-10-20-34(39)43/h1-26H. The summed E-state index contributed by atoms with van der Waals surface area (Å²) in [7, 11) is 0. The van der Waals surface area contributed by atoms with Gasteiger partial charge in [-0.3, -0.25) is 0 Å². The molecule has 0 N–H and O–H groups in total. The number of para-hydroxylation sites is 2. The maximum atomic E-state index is 6.68. The van der Waals surface area contributed by atoms with E-state index in [1.807, 2.05) is 66.7 Å². The van der Waals surface area contributed by atoms with Crippen LogP contribution in [0.5, 0.6) is 11.5 Å². The first-order valence-electron chi connectivity index (χ1n) is 15.8. The van der Waals surface area contributed by atoms with E-state index in [0.29, 0.717) is 11.6 Å². The first-order valence-corrected chi connectivity index (χ1v) is 15.8. The van der Waals surface area contributed by atoms with Crippen LogP contribution in [-0.2, 0) is 5.41 Å². The number of furan rings is 1. The molecule has 6 aromatic carbocycles. The van der Waals surface area contributed by atoms with Crippen molar-refractivity contribution < 1.29 is 9.15 Å². The van der Waals surface area contributed by atoms with Gasteiger partial charge < -0.3 is 9.15 Å². The lowest BCUT2D eigenvalue weighted by atomic mass is 9.66. The molecule has 220 valence electrons. The van der Waals surface area contributed by atoms with Gasteiger partial charge in [0.05, 0.1) is 11.1 Å². The van der Waals surface area contributed by atoms with Gasteiger partial charge in [-0.05, 0) is 58.7 Å². The fourth-order valence-electron chi connectivity index (χ4n) is 7.56. The summed E-state index contributed by atoms with van der Waals surface area (Å²) < 4.78 is 13.2. The average molecular weight is 603 g/mol. The molecule has 0 unspecified atom stereocenters. The van der Waals surface area contributed by atoms with Gasteiger partial charge in [-0.1, -0.05) is 121 Å². The van der Waals surface area contributed by atoms with Gasteiger partial charge in [0.25, 0.3) is 0 Å². The van der Waals surface area contributed by atoms with Crippen LogP contribution in [-0.4, -0.2) is 9.97 Å². The van der Waals surface area contributed by atoms with Gasteiger partial charge in [0.1, 0.15) is 22.8 Å². The van der Waals surface area contributed by atoms with Crippen molar-refractivity contribution in [2.45, 2.75) is 5.41 Å². The van der Waals surface area contributed by atoms with Gasteiger partial charge in [0.2, 0.25) is 0 Å². The molecule has 1 aliphatic heterocycles. The Bertz CT molecular complexity index is 2400. The van der Waals surface area contributed by atoms with Crippen molar-refractivity contribution in [3.05, 3.63) is 180 Å². The lowest BCUT2D eigenvalue weighted by Crippen LogP contribution is -2.32. The summed E-state index contributed by atoms with van der Waals surface area (Å²) in [6.07, 6.45) is 0. The van der Waals surface area contributed by atoms with Crippen molar-refractivity contribution in [2.75, 3.05) is 0 Å². The Labute approximate surface area is 271 Å². The summed E-state index contributed by atoms with van der Waals surface area (Å²) in [6.45, 7) is 0. The fourth-order valence-corrected chi connectivity index (χ4v) is 7.56. The van der Waals surface area contributed by atoms with Gasteiger partial charge in [-0.15, -0.1) is 0 Å². The highest BCUT2D eigenvalue weighted by Gasteiger charge is 2.51. The summed E-state index contributed by atoms with van der Waals surface area (Å²) in [6, 6.07) is 54.6. The molecular weight excluding hydrogens is 576 g/mol. The molecule has 0 atom stereocenters. The maximum absolute atomic E-state index is 6.68. The zero-order chi connectivity index (χ0) is 31.0. The van der Waals surface area contributed by atoms with Crippen LogP contribution in [0.2, 0.25) is 0 Å². The van der Waals surface area contributed by atoms with E-state index in [1.54, 1.807) is 0 Å². The normalized spacial score (nSPS) is 13.4. The molecule has 47 heavy (non-hydrogen) atoms. The van der Waals surface area contributed by atoms with E-state index >= 15 is 0 Å². The van der Waals surface area contributed by atoms with Crippen molar-refractivity contribution >= 4 is 11.0 Å². The molecule has 1 spiro atoms. The second-order valence-electron chi connectivity index (χ2n) is 12.1. The van der Waals surface area contributed by atoms with Gasteiger partial charge >= 0.3 is 0 Å². The van der Waals surface area contributed by atoms with Crippen LogP contribution in [0.15, 0.2) is 162 Å². The molecule has 0 saturated carbocycles. The number of fused-ring (bicyclic) bond motifs is 10.